The zero-order valence-corrected chi connectivity index (χ0v) is 22.3. The second kappa shape index (κ2) is 10.9. The van der Waals surface area contributed by atoms with Gasteiger partial charge in [-0.3, -0.25) is 0 Å². The van der Waals surface area contributed by atoms with Crippen molar-refractivity contribution in [2.24, 2.45) is 0 Å². The van der Waals surface area contributed by atoms with Gasteiger partial charge in [0.05, 0.1) is 5.56 Å². The van der Waals surface area contributed by atoms with Crippen molar-refractivity contribution in [3.8, 4) is 33.4 Å². The number of hydrogen-bond acceptors (Lipinski definition) is 1. The first-order valence-corrected chi connectivity index (χ1v) is 14.3. The number of rotatable bonds is 6. The molecule has 39 heavy (non-hydrogen) atoms. The summed E-state index contributed by atoms with van der Waals surface area (Å²) in [5.41, 5.74) is 13.4. The van der Waals surface area contributed by atoms with Crippen LogP contribution < -0.4 is 5.73 Å². The van der Waals surface area contributed by atoms with Crippen molar-refractivity contribution in [2.75, 3.05) is 12.0 Å². The second-order valence-corrected chi connectivity index (χ2v) is 11.5. The summed E-state index contributed by atoms with van der Waals surface area (Å²) in [7, 11) is -0.616. The lowest BCUT2D eigenvalue weighted by Crippen LogP contribution is -2.03. The summed E-state index contributed by atoms with van der Waals surface area (Å²) < 4.78 is 38.5. The Morgan fingerprint density at radius 2 is 0.949 bits per heavy atom. The van der Waals surface area contributed by atoms with Gasteiger partial charge in [0, 0.05) is 10.6 Å². The number of anilines is 1. The first kappa shape index (κ1) is 26.4. The minimum atomic E-state index is -4.33. The molecule has 0 fully saturated rings. The van der Waals surface area contributed by atoms with Crippen molar-refractivity contribution in [2.45, 2.75) is 11.1 Å². The van der Waals surface area contributed by atoms with Crippen molar-refractivity contribution in [3.05, 3.63) is 139 Å². The van der Waals surface area contributed by atoms with E-state index >= 15 is 0 Å². The fraction of sp³-hybridized carbons (Fsp3) is 0.0588. The standard InChI is InChI=1S/C34H28F3NS/c1-23(39(2)33-6-4-3-5-32(33)38)24-7-9-25(10-8-24)26-11-13-27(14-12-26)28-15-17-29(18-16-28)30-19-21-31(22-20-30)34(35,36)37/h3-22,39H,1,38H2,2H3. The van der Waals surface area contributed by atoms with Crippen LogP contribution >= 0.6 is 10.9 Å². The normalized spacial score (nSPS) is 12.7. The third-order valence-electron chi connectivity index (χ3n) is 6.90. The first-order chi connectivity index (χ1) is 18.7. The lowest BCUT2D eigenvalue weighted by molar-refractivity contribution is -0.137. The molecule has 0 saturated heterocycles. The van der Waals surface area contributed by atoms with Crippen molar-refractivity contribution in [1.29, 1.82) is 0 Å². The van der Waals surface area contributed by atoms with Gasteiger partial charge in [0.2, 0.25) is 0 Å². The average molecular weight is 540 g/mol. The van der Waals surface area contributed by atoms with Crippen LogP contribution in [0, 0.1) is 0 Å². The minimum Gasteiger partial charge on any atom is -0.398 e. The third-order valence-corrected chi connectivity index (χ3v) is 9.10. The summed E-state index contributed by atoms with van der Waals surface area (Å²) in [4.78, 5) is 2.23. The second-order valence-electron chi connectivity index (χ2n) is 9.37. The molecule has 5 heteroatoms. The Hall–Kier alpha value is -4.22. The van der Waals surface area contributed by atoms with Crippen molar-refractivity contribution in [1.82, 2.24) is 0 Å². The molecule has 1 nitrogen and oxygen atoms in total. The van der Waals surface area contributed by atoms with Gasteiger partial charge < -0.3 is 5.73 Å². The molecule has 0 radical (unpaired) electrons. The predicted molar refractivity (Wildman–Crippen MR) is 161 cm³/mol. The van der Waals surface area contributed by atoms with Gasteiger partial charge in [-0.2, -0.15) is 13.2 Å². The largest absolute Gasteiger partial charge is 0.416 e. The number of nitrogens with two attached hydrogens (primary N) is 1. The first-order valence-electron chi connectivity index (χ1n) is 12.5. The Kier molecular flexibility index (Phi) is 7.36. The van der Waals surface area contributed by atoms with E-state index in [0.717, 1.165) is 66.6 Å². The highest BCUT2D eigenvalue weighted by molar-refractivity contribution is 8.24. The molecule has 0 aromatic heterocycles. The minimum absolute atomic E-state index is 0.616. The molecule has 0 saturated carbocycles. The van der Waals surface area contributed by atoms with E-state index in [0.29, 0.717) is 0 Å². The van der Waals surface area contributed by atoms with Crippen LogP contribution in [0.4, 0.5) is 18.9 Å². The predicted octanol–water partition coefficient (Wildman–Crippen LogP) is 9.95. The van der Waals surface area contributed by atoms with Gasteiger partial charge >= 0.3 is 6.18 Å². The van der Waals surface area contributed by atoms with Crippen molar-refractivity contribution in [3.63, 3.8) is 0 Å². The monoisotopic (exact) mass is 539 g/mol. The maximum Gasteiger partial charge on any atom is 0.416 e. The fourth-order valence-electron chi connectivity index (χ4n) is 4.55. The zero-order chi connectivity index (χ0) is 27.6. The van der Waals surface area contributed by atoms with Crippen molar-refractivity contribution < 1.29 is 13.2 Å². The molecule has 0 aliphatic heterocycles. The molecule has 2 N–H and O–H groups in total. The number of thiol groups is 1. The SMILES string of the molecule is C=C(c1ccc(-c2ccc(-c3ccc(-c4ccc(C(F)(F)F)cc4)cc3)cc2)cc1)[SH](C)c1ccccc1N. The number of benzene rings is 5. The summed E-state index contributed by atoms with van der Waals surface area (Å²) in [5.74, 6) is 0. The number of alkyl halides is 3. The summed E-state index contributed by atoms with van der Waals surface area (Å²) in [6.07, 6.45) is -2.14. The van der Waals surface area contributed by atoms with E-state index in [2.05, 4.69) is 67.4 Å². The highest BCUT2D eigenvalue weighted by atomic mass is 32.2. The van der Waals surface area contributed by atoms with Crippen LogP contribution in [0.15, 0.2) is 133 Å². The summed E-state index contributed by atoms with van der Waals surface area (Å²) in [5, 5.41) is 0. The average Bonchev–Trinajstić information content (AvgIpc) is 2.97. The smallest absolute Gasteiger partial charge is 0.398 e. The Bertz CT molecular complexity index is 1590. The van der Waals surface area contributed by atoms with Crippen LogP contribution in [-0.4, -0.2) is 6.26 Å². The maximum absolute atomic E-state index is 12.8. The molecule has 0 aliphatic carbocycles. The van der Waals surface area contributed by atoms with Crippen LogP contribution in [0.1, 0.15) is 11.1 Å². The third kappa shape index (κ3) is 5.79. The molecule has 0 spiro atoms. The number of hydrogen-bond donors (Lipinski definition) is 2. The van der Waals surface area contributed by atoms with E-state index in [1.165, 1.54) is 12.1 Å². The van der Waals surface area contributed by atoms with Gasteiger partial charge in [-0.25, -0.2) is 10.9 Å². The Morgan fingerprint density at radius 1 is 0.590 bits per heavy atom. The molecule has 0 amide bonds. The number of para-hydroxylation sites is 1. The molecule has 0 bridgehead atoms. The van der Waals surface area contributed by atoms with Gasteiger partial charge in [0.15, 0.2) is 0 Å². The van der Waals surface area contributed by atoms with E-state index in [1.54, 1.807) is 0 Å². The Labute approximate surface area is 229 Å². The molecule has 1 unspecified atom stereocenters. The molecule has 5 aromatic carbocycles. The molecular formula is C34H28F3NS. The fourth-order valence-corrected chi connectivity index (χ4v) is 6.15. The van der Waals surface area contributed by atoms with Gasteiger partial charge in [0.1, 0.15) is 0 Å². The van der Waals surface area contributed by atoms with Crippen LogP contribution in [0.3, 0.4) is 0 Å². The van der Waals surface area contributed by atoms with E-state index < -0.39 is 22.6 Å². The Balaban J connectivity index is 1.28. The highest BCUT2D eigenvalue weighted by Crippen LogP contribution is 2.47. The summed E-state index contributed by atoms with van der Waals surface area (Å²) >= 11 is 0. The van der Waals surface area contributed by atoms with Gasteiger partial charge in [-0.05, 0) is 74.4 Å². The molecule has 0 aliphatic rings. The highest BCUT2D eigenvalue weighted by Gasteiger charge is 2.29. The van der Waals surface area contributed by atoms with Gasteiger partial charge in [0.25, 0.3) is 0 Å². The van der Waals surface area contributed by atoms with Crippen LogP contribution in [0.2, 0.25) is 0 Å². The van der Waals surface area contributed by atoms with Gasteiger partial charge in [-0.15, -0.1) is 0 Å². The van der Waals surface area contributed by atoms with E-state index in [9.17, 15) is 13.2 Å². The topological polar surface area (TPSA) is 26.0 Å². The molecule has 1 atom stereocenters. The van der Waals surface area contributed by atoms with E-state index in [4.69, 9.17) is 5.73 Å². The lowest BCUT2D eigenvalue weighted by atomic mass is 9.97. The van der Waals surface area contributed by atoms with Crippen LogP contribution in [0.25, 0.3) is 38.3 Å². The maximum atomic E-state index is 12.8. The summed E-state index contributed by atoms with van der Waals surface area (Å²) in [6.45, 7) is 4.36. The molecule has 5 rings (SSSR count). The van der Waals surface area contributed by atoms with E-state index in [1.807, 2.05) is 42.5 Å². The van der Waals surface area contributed by atoms with Crippen LogP contribution in [-0.2, 0) is 6.18 Å². The molecular weight excluding hydrogens is 511 g/mol. The quantitative estimate of drug-likeness (QED) is 0.163. The number of halogens is 3. The Morgan fingerprint density at radius 3 is 1.33 bits per heavy atom. The van der Waals surface area contributed by atoms with Gasteiger partial charge in [-0.1, -0.05) is 104 Å². The van der Waals surface area contributed by atoms with E-state index in [-0.39, 0.29) is 0 Å². The zero-order valence-electron chi connectivity index (χ0n) is 21.4. The van der Waals surface area contributed by atoms with Crippen molar-refractivity contribution >= 4 is 21.5 Å². The van der Waals surface area contributed by atoms with Crippen LogP contribution in [0.5, 0.6) is 0 Å². The lowest BCUT2D eigenvalue weighted by Gasteiger charge is -2.21. The molecule has 5 aromatic rings. The molecule has 0 heterocycles. The molecule has 196 valence electrons. The number of nitrogen functional groups attached to an aromatic ring is 1. The summed E-state index contributed by atoms with van der Waals surface area (Å²) in [6, 6.07) is 37.9.